The maximum absolute atomic E-state index is 12.2. The zero-order valence-corrected chi connectivity index (χ0v) is 13.0. The lowest BCUT2D eigenvalue weighted by Crippen LogP contribution is -2.49. The van der Waals surface area contributed by atoms with Crippen LogP contribution in [0.15, 0.2) is 46.3 Å². The lowest BCUT2D eigenvalue weighted by atomic mass is 9.92. The highest BCUT2D eigenvalue weighted by Gasteiger charge is 2.37. The summed E-state index contributed by atoms with van der Waals surface area (Å²) in [5, 5.41) is 12.1. The van der Waals surface area contributed by atoms with Gasteiger partial charge in [-0.05, 0) is 40.5 Å². The van der Waals surface area contributed by atoms with E-state index in [4.69, 9.17) is 0 Å². The Balaban J connectivity index is 2.31. The van der Waals surface area contributed by atoms with Crippen LogP contribution >= 0.6 is 27.3 Å². The van der Waals surface area contributed by atoms with Crippen LogP contribution in [0.25, 0.3) is 0 Å². The molecule has 0 radical (unpaired) electrons. The van der Waals surface area contributed by atoms with E-state index in [1.165, 1.54) is 18.3 Å². The Labute approximate surface area is 128 Å². The quantitative estimate of drug-likeness (QED) is 0.886. The Kier molecular flexibility index (Phi) is 4.25. The minimum absolute atomic E-state index is 0.408. The first-order chi connectivity index (χ1) is 9.43. The molecule has 0 bridgehead atoms. The Morgan fingerprint density at radius 3 is 2.35 bits per heavy atom. The van der Waals surface area contributed by atoms with E-state index in [1.807, 2.05) is 0 Å². The molecular formula is C14H12BrNO3S. The van der Waals surface area contributed by atoms with E-state index in [-0.39, 0.29) is 0 Å². The van der Waals surface area contributed by atoms with Crippen molar-refractivity contribution < 1.29 is 14.7 Å². The summed E-state index contributed by atoms with van der Waals surface area (Å²) in [6, 6.07) is 12.0. The van der Waals surface area contributed by atoms with Crippen LogP contribution in [0.5, 0.6) is 0 Å². The van der Waals surface area contributed by atoms with Crippen molar-refractivity contribution >= 4 is 39.1 Å². The van der Waals surface area contributed by atoms with Gasteiger partial charge in [-0.1, -0.05) is 30.3 Å². The van der Waals surface area contributed by atoms with Gasteiger partial charge in [0.1, 0.15) is 0 Å². The molecule has 6 heteroatoms. The number of amides is 1. The van der Waals surface area contributed by atoms with Crippen LogP contribution in [0.2, 0.25) is 0 Å². The number of carboxylic acids is 1. The third kappa shape index (κ3) is 2.91. The van der Waals surface area contributed by atoms with Gasteiger partial charge in [0.15, 0.2) is 5.54 Å². The first-order valence-electron chi connectivity index (χ1n) is 5.80. The summed E-state index contributed by atoms with van der Waals surface area (Å²) in [4.78, 5) is 24.2. The Morgan fingerprint density at radius 2 is 1.85 bits per heavy atom. The summed E-state index contributed by atoms with van der Waals surface area (Å²) in [5.74, 6) is -1.51. The zero-order chi connectivity index (χ0) is 14.8. The maximum Gasteiger partial charge on any atom is 0.333 e. The molecule has 104 valence electrons. The smallest absolute Gasteiger partial charge is 0.333 e. The van der Waals surface area contributed by atoms with Crippen molar-refractivity contribution in [1.82, 2.24) is 5.32 Å². The molecule has 0 saturated heterocycles. The lowest BCUT2D eigenvalue weighted by Gasteiger charge is -2.26. The molecule has 1 aromatic carbocycles. The number of carboxylic acid groups (broad SMARTS) is 1. The predicted molar refractivity (Wildman–Crippen MR) is 80.9 cm³/mol. The van der Waals surface area contributed by atoms with Gasteiger partial charge in [-0.15, -0.1) is 11.3 Å². The molecule has 4 nitrogen and oxygen atoms in total. The Hall–Kier alpha value is -1.66. The second-order valence-electron chi connectivity index (χ2n) is 4.35. The minimum atomic E-state index is -1.46. The number of rotatable bonds is 4. The number of nitrogens with one attached hydrogen (secondary N) is 1. The average molecular weight is 354 g/mol. The highest BCUT2D eigenvalue weighted by Crippen LogP contribution is 2.25. The lowest BCUT2D eigenvalue weighted by molar-refractivity contribution is -0.144. The molecule has 0 aliphatic carbocycles. The number of benzene rings is 1. The zero-order valence-electron chi connectivity index (χ0n) is 10.6. The fraction of sp³-hybridized carbons (Fsp3) is 0.143. The summed E-state index contributed by atoms with van der Waals surface area (Å²) in [6.07, 6.45) is 0. The van der Waals surface area contributed by atoms with Crippen LogP contribution in [0.1, 0.15) is 22.2 Å². The van der Waals surface area contributed by atoms with E-state index < -0.39 is 17.4 Å². The van der Waals surface area contributed by atoms with Crippen molar-refractivity contribution in [1.29, 1.82) is 0 Å². The summed E-state index contributed by atoms with van der Waals surface area (Å²) >= 11 is 4.53. The van der Waals surface area contributed by atoms with Crippen LogP contribution in [-0.4, -0.2) is 17.0 Å². The van der Waals surface area contributed by atoms with Gasteiger partial charge < -0.3 is 10.4 Å². The normalized spacial score (nSPS) is 13.5. The molecule has 1 atom stereocenters. The van der Waals surface area contributed by atoms with Crippen LogP contribution in [0.4, 0.5) is 0 Å². The number of aliphatic carboxylic acids is 1. The van der Waals surface area contributed by atoms with Gasteiger partial charge in [-0.25, -0.2) is 4.79 Å². The van der Waals surface area contributed by atoms with E-state index >= 15 is 0 Å². The number of carbonyl (C=O) groups is 2. The maximum atomic E-state index is 12.2. The third-order valence-electron chi connectivity index (χ3n) is 2.94. The summed E-state index contributed by atoms with van der Waals surface area (Å²) in [6.45, 7) is 1.48. The fourth-order valence-corrected chi connectivity index (χ4v) is 3.03. The second kappa shape index (κ2) is 5.76. The fourth-order valence-electron chi connectivity index (χ4n) is 1.75. The molecule has 2 aromatic rings. The van der Waals surface area contributed by atoms with Crippen LogP contribution in [0.3, 0.4) is 0 Å². The van der Waals surface area contributed by atoms with E-state index in [1.54, 1.807) is 42.5 Å². The molecule has 2 N–H and O–H groups in total. The molecule has 0 fully saturated rings. The molecular weight excluding hydrogens is 342 g/mol. The molecule has 20 heavy (non-hydrogen) atoms. The summed E-state index contributed by atoms with van der Waals surface area (Å²) in [7, 11) is 0. The number of thiophene rings is 1. The van der Waals surface area contributed by atoms with Crippen molar-refractivity contribution in [2.75, 3.05) is 0 Å². The monoisotopic (exact) mass is 353 g/mol. The van der Waals surface area contributed by atoms with Crippen LogP contribution < -0.4 is 5.32 Å². The first-order valence-corrected chi connectivity index (χ1v) is 7.41. The van der Waals surface area contributed by atoms with Gasteiger partial charge in [0, 0.05) is 0 Å². The van der Waals surface area contributed by atoms with E-state index in [0.29, 0.717) is 10.4 Å². The topological polar surface area (TPSA) is 66.4 Å². The van der Waals surface area contributed by atoms with Crippen molar-refractivity contribution in [2.24, 2.45) is 0 Å². The molecule has 0 spiro atoms. The Morgan fingerprint density at radius 1 is 1.20 bits per heavy atom. The number of hydrogen-bond acceptors (Lipinski definition) is 3. The standard InChI is InChI=1S/C14H12BrNO3S/c1-14(13(18)19,9-5-3-2-4-6-9)16-12(17)10-7-8-11(15)20-10/h2-8H,1H3,(H,16,17)(H,18,19). The van der Waals surface area contributed by atoms with E-state index in [2.05, 4.69) is 21.2 Å². The van der Waals surface area contributed by atoms with Crippen molar-refractivity contribution in [3.8, 4) is 0 Å². The summed E-state index contributed by atoms with van der Waals surface area (Å²) in [5.41, 5.74) is -0.939. The summed E-state index contributed by atoms with van der Waals surface area (Å²) < 4.78 is 0.819. The van der Waals surface area contributed by atoms with E-state index in [0.717, 1.165) is 3.79 Å². The van der Waals surface area contributed by atoms with Gasteiger partial charge in [-0.3, -0.25) is 4.79 Å². The first kappa shape index (κ1) is 14.7. The molecule has 0 saturated carbocycles. The van der Waals surface area contributed by atoms with Gasteiger partial charge >= 0.3 is 5.97 Å². The highest BCUT2D eigenvalue weighted by molar-refractivity contribution is 9.11. The molecule has 1 heterocycles. The van der Waals surface area contributed by atoms with E-state index in [9.17, 15) is 14.7 Å². The van der Waals surface area contributed by atoms with Gasteiger partial charge in [0.25, 0.3) is 5.91 Å². The largest absolute Gasteiger partial charge is 0.479 e. The number of carbonyl (C=O) groups excluding carboxylic acids is 1. The van der Waals surface area contributed by atoms with Crippen LogP contribution in [-0.2, 0) is 10.3 Å². The van der Waals surface area contributed by atoms with Crippen LogP contribution in [0, 0.1) is 0 Å². The molecule has 1 unspecified atom stereocenters. The SMILES string of the molecule is CC(NC(=O)c1ccc(Br)s1)(C(=O)O)c1ccccc1. The Bertz CT molecular complexity index is 641. The minimum Gasteiger partial charge on any atom is -0.479 e. The second-order valence-corrected chi connectivity index (χ2v) is 6.82. The molecule has 2 rings (SSSR count). The van der Waals surface area contributed by atoms with Crippen molar-refractivity contribution in [2.45, 2.75) is 12.5 Å². The van der Waals surface area contributed by atoms with Gasteiger partial charge in [-0.2, -0.15) is 0 Å². The van der Waals surface area contributed by atoms with Crippen molar-refractivity contribution in [3.63, 3.8) is 0 Å². The molecule has 0 aliphatic rings. The van der Waals surface area contributed by atoms with Gasteiger partial charge in [0.2, 0.25) is 0 Å². The molecule has 1 amide bonds. The van der Waals surface area contributed by atoms with Crippen molar-refractivity contribution in [3.05, 3.63) is 56.7 Å². The molecule has 1 aromatic heterocycles. The number of hydrogen-bond donors (Lipinski definition) is 2. The number of halogens is 1. The third-order valence-corrected chi connectivity index (χ3v) is 4.56. The highest BCUT2D eigenvalue weighted by atomic mass is 79.9. The van der Waals surface area contributed by atoms with Gasteiger partial charge in [0.05, 0.1) is 8.66 Å². The molecule has 0 aliphatic heterocycles. The average Bonchev–Trinajstić information content (AvgIpc) is 2.86. The predicted octanol–water partition coefficient (Wildman–Crippen LogP) is 3.24.